The Morgan fingerprint density at radius 1 is 1.19 bits per heavy atom. The molecule has 146 valence electrons. The molecule has 1 atom stereocenters. The van der Waals surface area contributed by atoms with Crippen molar-refractivity contribution in [2.75, 3.05) is 24.5 Å². The monoisotopic (exact) mass is 370 g/mol. The Labute approximate surface area is 160 Å². The number of anilines is 1. The molecule has 1 amide bonds. The zero-order valence-electron chi connectivity index (χ0n) is 15.9. The van der Waals surface area contributed by atoms with Crippen molar-refractivity contribution in [2.45, 2.75) is 51.0 Å². The van der Waals surface area contributed by atoms with Gasteiger partial charge in [0.25, 0.3) is 6.01 Å². The van der Waals surface area contributed by atoms with Crippen LogP contribution in [-0.2, 0) is 4.79 Å². The molecule has 2 heterocycles. The fraction of sp³-hybridized carbons (Fsp3) is 0.619. The molecular formula is C21H30N4O2. The Bertz CT molecular complexity index is 727. The summed E-state index contributed by atoms with van der Waals surface area (Å²) in [7, 11) is 0. The summed E-state index contributed by atoms with van der Waals surface area (Å²) in [6.45, 7) is 2.13. The van der Waals surface area contributed by atoms with E-state index < -0.39 is 0 Å². The topological polar surface area (TPSA) is 84.4 Å². The number of oxazole rings is 1. The average Bonchev–Trinajstić information content (AvgIpc) is 3.17. The highest BCUT2D eigenvalue weighted by Crippen LogP contribution is 2.28. The zero-order chi connectivity index (χ0) is 18.6. The average molecular weight is 370 g/mol. The van der Waals surface area contributed by atoms with Crippen molar-refractivity contribution < 1.29 is 9.21 Å². The Morgan fingerprint density at radius 2 is 1.93 bits per heavy atom. The number of para-hydroxylation sites is 2. The van der Waals surface area contributed by atoms with Crippen LogP contribution >= 0.6 is 0 Å². The molecular weight excluding hydrogens is 340 g/mol. The van der Waals surface area contributed by atoms with Gasteiger partial charge in [0.2, 0.25) is 5.91 Å². The Kier molecular flexibility index (Phi) is 5.62. The summed E-state index contributed by atoms with van der Waals surface area (Å²) >= 11 is 0. The Hall–Kier alpha value is -2.08. The van der Waals surface area contributed by atoms with Crippen LogP contribution in [0.4, 0.5) is 6.01 Å². The molecule has 1 aliphatic heterocycles. The summed E-state index contributed by atoms with van der Waals surface area (Å²) in [6.07, 6.45) is 7.88. The van der Waals surface area contributed by atoms with E-state index in [1.807, 2.05) is 24.3 Å². The number of amides is 1. The lowest BCUT2D eigenvalue weighted by atomic mass is 9.83. The number of piperidine rings is 1. The quantitative estimate of drug-likeness (QED) is 0.845. The first kappa shape index (κ1) is 18.3. The molecule has 0 spiro atoms. The van der Waals surface area contributed by atoms with Crippen molar-refractivity contribution in [3.8, 4) is 0 Å². The number of carbonyl (C=O) groups is 1. The van der Waals surface area contributed by atoms with Gasteiger partial charge in [-0.25, -0.2) is 0 Å². The van der Waals surface area contributed by atoms with E-state index in [-0.39, 0.29) is 17.9 Å². The van der Waals surface area contributed by atoms with Gasteiger partial charge in [-0.2, -0.15) is 4.98 Å². The number of hydrogen-bond donors (Lipinski definition) is 2. The summed E-state index contributed by atoms with van der Waals surface area (Å²) in [4.78, 5) is 19.5. The third kappa shape index (κ3) is 4.10. The van der Waals surface area contributed by atoms with Gasteiger partial charge < -0.3 is 20.4 Å². The fourth-order valence-corrected chi connectivity index (χ4v) is 4.53. The Morgan fingerprint density at radius 3 is 2.63 bits per heavy atom. The number of nitrogens with two attached hydrogens (primary N) is 1. The molecule has 0 bridgehead atoms. The highest BCUT2D eigenvalue weighted by atomic mass is 16.4. The van der Waals surface area contributed by atoms with Gasteiger partial charge in [-0.15, -0.1) is 0 Å². The Balaban J connectivity index is 1.32. The lowest BCUT2D eigenvalue weighted by molar-refractivity contribution is -0.126. The number of hydrogen-bond acceptors (Lipinski definition) is 5. The van der Waals surface area contributed by atoms with Crippen molar-refractivity contribution in [3.63, 3.8) is 0 Å². The maximum atomic E-state index is 12.8. The summed E-state index contributed by atoms with van der Waals surface area (Å²) in [6, 6.07) is 8.61. The first-order valence-corrected chi connectivity index (χ1v) is 10.4. The molecule has 1 aromatic carbocycles. The van der Waals surface area contributed by atoms with E-state index in [1.54, 1.807) is 0 Å². The van der Waals surface area contributed by atoms with Gasteiger partial charge in [-0.1, -0.05) is 31.4 Å². The number of nitrogens with zero attached hydrogens (tertiary/aromatic N) is 2. The van der Waals surface area contributed by atoms with Crippen LogP contribution < -0.4 is 16.0 Å². The van der Waals surface area contributed by atoms with Crippen molar-refractivity contribution in [1.29, 1.82) is 0 Å². The minimum atomic E-state index is 0.0586. The molecule has 1 saturated carbocycles. The molecule has 2 fully saturated rings. The summed E-state index contributed by atoms with van der Waals surface area (Å²) in [5, 5.41) is 3.26. The molecule has 2 aliphatic rings. The van der Waals surface area contributed by atoms with E-state index in [9.17, 15) is 4.79 Å². The third-order valence-corrected chi connectivity index (χ3v) is 6.22. The molecule has 1 aliphatic carbocycles. The zero-order valence-corrected chi connectivity index (χ0v) is 15.9. The number of benzene rings is 1. The molecule has 1 aromatic heterocycles. The van der Waals surface area contributed by atoms with Gasteiger partial charge in [-0.05, 0) is 43.7 Å². The minimum absolute atomic E-state index is 0.0586. The van der Waals surface area contributed by atoms with Gasteiger partial charge in [0.05, 0.1) is 0 Å². The number of carbonyl (C=O) groups excluding carboxylic acids is 1. The van der Waals surface area contributed by atoms with Crippen LogP contribution in [0.25, 0.3) is 11.1 Å². The molecule has 1 unspecified atom stereocenters. The second kappa shape index (κ2) is 8.30. The SMILES string of the molecule is NCC(NC(=O)C1CCN(c2nc3ccccc3o2)CC1)C1CCCCC1. The fourth-order valence-electron chi connectivity index (χ4n) is 4.53. The normalized spacial score (nSPS) is 20.7. The van der Waals surface area contributed by atoms with Crippen LogP contribution in [-0.4, -0.2) is 36.6 Å². The maximum Gasteiger partial charge on any atom is 0.298 e. The molecule has 27 heavy (non-hydrogen) atoms. The van der Waals surface area contributed by atoms with Crippen molar-refractivity contribution >= 4 is 23.0 Å². The summed E-state index contributed by atoms with van der Waals surface area (Å²) in [5.74, 6) is 0.782. The lowest BCUT2D eigenvalue weighted by Crippen LogP contribution is -2.49. The number of nitrogens with one attached hydrogen (secondary N) is 1. The van der Waals surface area contributed by atoms with Crippen LogP contribution in [0.3, 0.4) is 0 Å². The molecule has 6 nitrogen and oxygen atoms in total. The smallest absolute Gasteiger partial charge is 0.298 e. The van der Waals surface area contributed by atoms with E-state index in [0.717, 1.165) is 37.0 Å². The van der Waals surface area contributed by atoms with E-state index in [1.165, 1.54) is 32.1 Å². The van der Waals surface area contributed by atoms with E-state index in [0.29, 0.717) is 18.5 Å². The minimum Gasteiger partial charge on any atom is -0.423 e. The predicted molar refractivity (Wildman–Crippen MR) is 107 cm³/mol. The highest BCUT2D eigenvalue weighted by molar-refractivity contribution is 5.79. The predicted octanol–water partition coefficient (Wildman–Crippen LogP) is 3.07. The largest absolute Gasteiger partial charge is 0.423 e. The van der Waals surface area contributed by atoms with Crippen LogP contribution in [0.5, 0.6) is 0 Å². The van der Waals surface area contributed by atoms with Crippen LogP contribution in [0.1, 0.15) is 44.9 Å². The standard InChI is InChI=1S/C21H30N4O2/c22-14-18(15-6-2-1-3-7-15)23-20(26)16-10-12-25(13-11-16)21-24-17-8-4-5-9-19(17)27-21/h4-5,8-9,15-16,18H,1-3,6-7,10-14,22H2,(H,23,26). The second-order valence-electron chi connectivity index (χ2n) is 7.97. The van der Waals surface area contributed by atoms with E-state index >= 15 is 0 Å². The third-order valence-electron chi connectivity index (χ3n) is 6.22. The molecule has 1 saturated heterocycles. The second-order valence-corrected chi connectivity index (χ2v) is 7.97. The molecule has 4 rings (SSSR count). The number of aromatic nitrogens is 1. The van der Waals surface area contributed by atoms with Crippen LogP contribution in [0.2, 0.25) is 0 Å². The molecule has 0 radical (unpaired) electrons. The molecule has 6 heteroatoms. The van der Waals surface area contributed by atoms with E-state index in [2.05, 4.69) is 15.2 Å². The number of rotatable bonds is 5. The first-order chi connectivity index (χ1) is 13.2. The van der Waals surface area contributed by atoms with Gasteiger partial charge in [0.1, 0.15) is 5.52 Å². The van der Waals surface area contributed by atoms with Crippen molar-refractivity contribution in [2.24, 2.45) is 17.6 Å². The van der Waals surface area contributed by atoms with Gasteiger partial charge >= 0.3 is 0 Å². The first-order valence-electron chi connectivity index (χ1n) is 10.4. The van der Waals surface area contributed by atoms with Gasteiger partial charge in [-0.3, -0.25) is 4.79 Å². The highest BCUT2D eigenvalue weighted by Gasteiger charge is 2.30. The van der Waals surface area contributed by atoms with Crippen LogP contribution in [0, 0.1) is 11.8 Å². The van der Waals surface area contributed by atoms with E-state index in [4.69, 9.17) is 10.2 Å². The summed E-state index contributed by atoms with van der Waals surface area (Å²) in [5.41, 5.74) is 7.66. The van der Waals surface area contributed by atoms with Gasteiger partial charge in [0.15, 0.2) is 5.58 Å². The molecule has 3 N–H and O–H groups in total. The van der Waals surface area contributed by atoms with Crippen molar-refractivity contribution in [3.05, 3.63) is 24.3 Å². The van der Waals surface area contributed by atoms with Crippen LogP contribution in [0.15, 0.2) is 28.7 Å². The number of fused-ring (bicyclic) bond motifs is 1. The summed E-state index contributed by atoms with van der Waals surface area (Å²) < 4.78 is 5.86. The molecule has 2 aromatic rings. The van der Waals surface area contributed by atoms with Gasteiger partial charge in [0, 0.05) is 31.6 Å². The van der Waals surface area contributed by atoms with Crippen molar-refractivity contribution in [1.82, 2.24) is 10.3 Å². The lowest BCUT2D eigenvalue weighted by Gasteiger charge is -2.34. The maximum absolute atomic E-state index is 12.8.